The summed E-state index contributed by atoms with van der Waals surface area (Å²) in [5, 5.41) is 12.8. The molecule has 7 nitrogen and oxygen atoms in total. The normalized spacial score (nSPS) is 24.9. The summed E-state index contributed by atoms with van der Waals surface area (Å²) in [5.41, 5.74) is 0.396. The second-order valence-corrected chi connectivity index (χ2v) is 7.84. The molecule has 0 radical (unpaired) electrons. The molecule has 2 N–H and O–H groups in total. The highest BCUT2D eigenvalue weighted by atomic mass is 16.4. The predicted octanol–water partition coefficient (Wildman–Crippen LogP) is 1.41. The van der Waals surface area contributed by atoms with E-state index in [9.17, 15) is 14.7 Å². The average molecular weight is 383 g/mol. The lowest BCUT2D eigenvalue weighted by Crippen LogP contribution is -2.42. The van der Waals surface area contributed by atoms with Gasteiger partial charge in [0.05, 0.1) is 24.8 Å². The van der Waals surface area contributed by atoms with Crippen molar-refractivity contribution in [1.29, 1.82) is 0 Å². The zero-order valence-corrected chi connectivity index (χ0v) is 15.7. The van der Waals surface area contributed by atoms with Crippen molar-refractivity contribution in [1.82, 2.24) is 15.1 Å². The van der Waals surface area contributed by atoms with E-state index in [-0.39, 0.29) is 18.4 Å². The van der Waals surface area contributed by atoms with Crippen molar-refractivity contribution in [3.05, 3.63) is 60.1 Å². The fourth-order valence-corrected chi connectivity index (χ4v) is 4.52. The Bertz CT molecular complexity index is 823. The molecule has 0 unspecified atom stereocenters. The number of likely N-dealkylation sites (tertiary alicyclic amines) is 2. The number of nitrogens with zero attached hydrogens (tertiary/aromatic N) is 2. The second-order valence-electron chi connectivity index (χ2n) is 7.84. The third-order valence-electron chi connectivity index (χ3n) is 5.83. The Morgan fingerprint density at radius 1 is 1.11 bits per heavy atom. The number of hydrogen-bond acceptors (Lipinski definition) is 5. The van der Waals surface area contributed by atoms with Crippen LogP contribution in [0.25, 0.3) is 0 Å². The van der Waals surface area contributed by atoms with Crippen LogP contribution >= 0.6 is 0 Å². The number of furan rings is 1. The smallest absolute Gasteiger partial charge is 0.312 e. The largest absolute Gasteiger partial charge is 0.481 e. The van der Waals surface area contributed by atoms with Crippen molar-refractivity contribution >= 4 is 11.9 Å². The highest BCUT2D eigenvalue weighted by molar-refractivity contribution is 5.79. The Morgan fingerprint density at radius 2 is 1.86 bits per heavy atom. The number of carboxylic acids is 1. The maximum absolute atomic E-state index is 12.2. The molecule has 148 valence electrons. The first kappa shape index (κ1) is 18.7. The Hall–Kier alpha value is -2.64. The Morgan fingerprint density at radius 3 is 2.54 bits per heavy atom. The van der Waals surface area contributed by atoms with Crippen LogP contribution in [-0.4, -0.2) is 59.5 Å². The lowest BCUT2D eigenvalue weighted by atomic mass is 9.81. The topological polar surface area (TPSA) is 86.0 Å². The summed E-state index contributed by atoms with van der Waals surface area (Å²) in [6.07, 6.45) is 1.57. The summed E-state index contributed by atoms with van der Waals surface area (Å²) in [7, 11) is 0. The molecule has 1 aromatic heterocycles. The summed E-state index contributed by atoms with van der Waals surface area (Å²) in [4.78, 5) is 28.6. The van der Waals surface area contributed by atoms with E-state index in [0.717, 1.165) is 13.1 Å². The SMILES string of the molecule is O=C(CN1C[C@@H]2CN(Cc3ccccc3)C[C@]2(C(=O)O)C1)NCc1ccco1. The van der Waals surface area contributed by atoms with Gasteiger partial charge in [0.15, 0.2) is 0 Å². The van der Waals surface area contributed by atoms with E-state index < -0.39 is 11.4 Å². The van der Waals surface area contributed by atoms with Crippen LogP contribution in [-0.2, 0) is 22.7 Å². The van der Waals surface area contributed by atoms with Gasteiger partial charge >= 0.3 is 5.97 Å². The second kappa shape index (κ2) is 7.77. The Balaban J connectivity index is 1.34. The monoisotopic (exact) mass is 383 g/mol. The zero-order valence-electron chi connectivity index (χ0n) is 15.7. The van der Waals surface area contributed by atoms with Crippen LogP contribution in [0.2, 0.25) is 0 Å². The third-order valence-corrected chi connectivity index (χ3v) is 5.83. The Labute approximate surface area is 163 Å². The molecular weight excluding hydrogens is 358 g/mol. The molecular formula is C21H25N3O4. The van der Waals surface area contributed by atoms with Crippen LogP contribution in [0, 0.1) is 11.3 Å². The molecule has 2 aliphatic rings. The van der Waals surface area contributed by atoms with E-state index in [2.05, 4.69) is 22.3 Å². The minimum Gasteiger partial charge on any atom is -0.481 e. The van der Waals surface area contributed by atoms with Gasteiger partial charge in [-0.1, -0.05) is 30.3 Å². The van der Waals surface area contributed by atoms with Gasteiger partial charge in [-0.3, -0.25) is 19.4 Å². The van der Waals surface area contributed by atoms with E-state index in [1.165, 1.54) is 5.56 Å². The van der Waals surface area contributed by atoms with Gasteiger partial charge in [0.1, 0.15) is 5.76 Å². The predicted molar refractivity (Wildman–Crippen MR) is 102 cm³/mol. The van der Waals surface area contributed by atoms with Gasteiger partial charge in [0.25, 0.3) is 0 Å². The molecule has 4 rings (SSSR count). The molecule has 0 spiro atoms. The fraction of sp³-hybridized carbons (Fsp3) is 0.429. The summed E-state index contributed by atoms with van der Waals surface area (Å²) >= 11 is 0. The van der Waals surface area contributed by atoms with Crippen molar-refractivity contribution in [3.63, 3.8) is 0 Å². The summed E-state index contributed by atoms with van der Waals surface area (Å²) in [6, 6.07) is 13.7. The van der Waals surface area contributed by atoms with E-state index in [1.807, 2.05) is 23.1 Å². The lowest BCUT2D eigenvalue weighted by molar-refractivity contribution is -0.149. The van der Waals surface area contributed by atoms with Crippen molar-refractivity contribution in [2.45, 2.75) is 13.1 Å². The number of rotatable bonds is 7. The van der Waals surface area contributed by atoms with Crippen molar-refractivity contribution < 1.29 is 19.1 Å². The first-order valence-corrected chi connectivity index (χ1v) is 9.56. The lowest BCUT2D eigenvalue weighted by Gasteiger charge is -2.25. The van der Waals surface area contributed by atoms with Crippen LogP contribution in [0.5, 0.6) is 0 Å². The first-order chi connectivity index (χ1) is 13.5. The number of hydrogen-bond donors (Lipinski definition) is 2. The molecule has 2 saturated heterocycles. The van der Waals surface area contributed by atoms with Gasteiger partial charge in [-0.2, -0.15) is 0 Å². The van der Waals surface area contributed by atoms with Crippen molar-refractivity contribution in [3.8, 4) is 0 Å². The molecule has 2 aliphatic heterocycles. The number of carboxylic acid groups (broad SMARTS) is 1. The van der Waals surface area contributed by atoms with Gasteiger partial charge in [-0.25, -0.2) is 0 Å². The minimum absolute atomic E-state index is 0.0339. The van der Waals surface area contributed by atoms with Crippen molar-refractivity contribution in [2.75, 3.05) is 32.7 Å². The highest BCUT2D eigenvalue weighted by Gasteiger charge is 2.57. The molecule has 28 heavy (non-hydrogen) atoms. The standard InChI is InChI=1S/C21H25N3O4/c25-19(22-9-18-7-4-8-28-18)13-24-12-17-11-23(10-16-5-2-1-3-6-16)14-21(17,15-24)20(26)27/h1-8,17H,9-15H2,(H,22,25)(H,26,27)/t17-,21-/m0/s1. The zero-order chi connectivity index (χ0) is 19.6. The molecule has 0 aliphatic carbocycles. The molecule has 1 aromatic carbocycles. The molecule has 2 atom stereocenters. The van der Waals surface area contributed by atoms with Crippen LogP contribution in [0.4, 0.5) is 0 Å². The minimum atomic E-state index is -0.796. The quantitative estimate of drug-likeness (QED) is 0.752. The molecule has 0 saturated carbocycles. The average Bonchev–Trinajstić information content (AvgIpc) is 3.36. The molecule has 0 bridgehead atoms. The van der Waals surface area contributed by atoms with Crippen LogP contribution in [0.15, 0.2) is 53.1 Å². The number of carbonyl (C=O) groups excluding carboxylic acids is 1. The number of carbonyl (C=O) groups is 2. The maximum atomic E-state index is 12.2. The van der Waals surface area contributed by atoms with Gasteiger partial charge < -0.3 is 14.8 Å². The van der Waals surface area contributed by atoms with E-state index >= 15 is 0 Å². The molecule has 1 amide bonds. The molecule has 2 fully saturated rings. The fourth-order valence-electron chi connectivity index (χ4n) is 4.52. The number of amides is 1. The van der Waals surface area contributed by atoms with Gasteiger partial charge in [0, 0.05) is 38.6 Å². The Kier molecular flexibility index (Phi) is 5.19. The molecule has 7 heteroatoms. The maximum Gasteiger partial charge on any atom is 0.312 e. The van der Waals surface area contributed by atoms with E-state index in [4.69, 9.17) is 4.42 Å². The first-order valence-electron chi connectivity index (χ1n) is 9.56. The van der Waals surface area contributed by atoms with Gasteiger partial charge in [-0.05, 0) is 17.7 Å². The van der Waals surface area contributed by atoms with Gasteiger partial charge in [-0.15, -0.1) is 0 Å². The molecule has 2 aromatic rings. The van der Waals surface area contributed by atoms with Crippen LogP contribution in [0.3, 0.4) is 0 Å². The van der Waals surface area contributed by atoms with Crippen LogP contribution < -0.4 is 5.32 Å². The van der Waals surface area contributed by atoms with Crippen LogP contribution in [0.1, 0.15) is 11.3 Å². The van der Waals surface area contributed by atoms with Gasteiger partial charge in [0.2, 0.25) is 5.91 Å². The van der Waals surface area contributed by atoms with E-state index in [1.54, 1.807) is 18.4 Å². The van der Waals surface area contributed by atoms with E-state index in [0.29, 0.717) is 31.9 Å². The third kappa shape index (κ3) is 3.81. The van der Waals surface area contributed by atoms with Crippen molar-refractivity contribution in [2.24, 2.45) is 11.3 Å². The number of aliphatic carboxylic acids is 1. The summed E-state index contributed by atoms with van der Waals surface area (Å²) in [6.45, 7) is 3.62. The number of nitrogens with one attached hydrogen (secondary N) is 1. The summed E-state index contributed by atoms with van der Waals surface area (Å²) < 4.78 is 5.21. The molecule has 3 heterocycles. The highest BCUT2D eigenvalue weighted by Crippen LogP contribution is 2.43. The number of benzene rings is 1. The number of fused-ring (bicyclic) bond motifs is 1. The summed E-state index contributed by atoms with van der Waals surface area (Å²) in [5.74, 6) is -0.138.